The second-order valence-corrected chi connectivity index (χ2v) is 12.0. The maximum absolute atomic E-state index is 2.41. The molecule has 0 unspecified atom stereocenters. The highest BCUT2D eigenvalue weighted by molar-refractivity contribution is 6.26. The summed E-state index contributed by atoms with van der Waals surface area (Å²) in [6.45, 7) is 0. The van der Waals surface area contributed by atoms with Gasteiger partial charge in [0.25, 0.3) is 0 Å². The number of hydrogen-bond donors (Lipinski definition) is 0. The summed E-state index contributed by atoms with van der Waals surface area (Å²) >= 11 is 0. The lowest BCUT2D eigenvalue weighted by molar-refractivity contribution is 1.61. The third kappa shape index (κ3) is 4.23. The van der Waals surface area contributed by atoms with Crippen molar-refractivity contribution in [3.63, 3.8) is 0 Å². The van der Waals surface area contributed by atoms with Crippen LogP contribution in [0.5, 0.6) is 0 Å². The van der Waals surface area contributed by atoms with Crippen molar-refractivity contribution in [3.05, 3.63) is 182 Å². The third-order valence-electron chi connectivity index (χ3n) is 9.45. The first-order valence-electron chi connectivity index (χ1n) is 15.9. The van der Waals surface area contributed by atoms with E-state index in [1.807, 2.05) is 0 Å². The zero-order valence-electron chi connectivity index (χ0n) is 25.3. The van der Waals surface area contributed by atoms with Gasteiger partial charge >= 0.3 is 0 Å². The van der Waals surface area contributed by atoms with Crippen LogP contribution in [-0.2, 0) is 0 Å². The summed E-state index contributed by atoms with van der Waals surface area (Å²) in [5.74, 6) is 0. The summed E-state index contributed by atoms with van der Waals surface area (Å²) in [6, 6.07) is 66.5. The molecule has 0 aliphatic heterocycles. The average Bonchev–Trinajstić information content (AvgIpc) is 3.14. The van der Waals surface area contributed by atoms with E-state index in [9.17, 15) is 0 Å². The van der Waals surface area contributed by atoms with Crippen LogP contribution in [-0.4, -0.2) is 0 Å². The SMILES string of the molecule is c1ccc(-c2ccc3c(-c4c5ccccc5c(-c5ccccc5-c5ccccc5)c5ccccc45)cc4ccccc4c3c2)cc1. The molecule has 0 aliphatic rings. The highest BCUT2D eigenvalue weighted by Crippen LogP contribution is 2.48. The first-order chi connectivity index (χ1) is 22.8. The van der Waals surface area contributed by atoms with Crippen LogP contribution >= 0.6 is 0 Å². The fourth-order valence-electron chi connectivity index (χ4n) is 7.40. The molecule has 0 radical (unpaired) electrons. The Labute approximate surface area is 268 Å². The zero-order chi connectivity index (χ0) is 30.5. The molecule has 0 saturated carbocycles. The van der Waals surface area contributed by atoms with Crippen LogP contribution in [0.3, 0.4) is 0 Å². The van der Waals surface area contributed by atoms with E-state index >= 15 is 0 Å². The molecule has 0 spiro atoms. The molecule has 9 aromatic rings. The van der Waals surface area contributed by atoms with Crippen LogP contribution in [0, 0.1) is 0 Å². The van der Waals surface area contributed by atoms with Gasteiger partial charge in [0.15, 0.2) is 0 Å². The van der Waals surface area contributed by atoms with Gasteiger partial charge in [0.1, 0.15) is 0 Å². The molecule has 0 aliphatic carbocycles. The molecule has 9 rings (SSSR count). The van der Waals surface area contributed by atoms with Gasteiger partial charge in [-0.1, -0.05) is 170 Å². The lowest BCUT2D eigenvalue weighted by Crippen LogP contribution is -1.93. The monoisotopic (exact) mass is 582 g/mol. The van der Waals surface area contributed by atoms with Crippen molar-refractivity contribution >= 4 is 43.1 Å². The van der Waals surface area contributed by atoms with Crippen molar-refractivity contribution in [1.29, 1.82) is 0 Å². The van der Waals surface area contributed by atoms with E-state index in [1.165, 1.54) is 87.6 Å². The molecule has 0 N–H and O–H groups in total. The normalized spacial score (nSPS) is 11.5. The highest BCUT2D eigenvalue weighted by Gasteiger charge is 2.20. The Morgan fingerprint density at radius 1 is 0.217 bits per heavy atom. The first-order valence-corrected chi connectivity index (χ1v) is 15.9. The van der Waals surface area contributed by atoms with E-state index in [-0.39, 0.29) is 0 Å². The number of hydrogen-bond acceptors (Lipinski definition) is 0. The lowest BCUT2D eigenvalue weighted by Gasteiger charge is -2.21. The van der Waals surface area contributed by atoms with Gasteiger partial charge in [-0.2, -0.15) is 0 Å². The standard InChI is InChI=1S/C46H30/c1-3-15-31(16-4-1)33-27-28-37-43(29-33)36-21-8-7-19-34(36)30-44(37)46-41-25-13-11-23-39(41)45(40-24-12-14-26-42(40)46)38-22-10-9-20-35(38)32-17-5-2-6-18-32/h1-30H. The van der Waals surface area contributed by atoms with Crippen LogP contribution in [0.2, 0.25) is 0 Å². The molecule has 0 saturated heterocycles. The van der Waals surface area contributed by atoms with Gasteiger partial charge in [0.2, 0.25) is 0 Å². The van der Waals surface area contributed by atoms with Crippen molar-refractivity contribution in [3.8, 4) is 44.5 Å². The summed E-state index contributed by atoms with van der Waals surface area (Å²) in [4.78, 5) is 0. The van der Waals surface area contributed by atoms with Crippen LogP contribution in [0.1, 0.15) is 0 Å². The van der Waals surface area contributed by atoms with Crippen LogP contribution in [0.25, 0.3) is 87.6 Å². The highest BCUT2D eigenvalue weighted by atomic mass is 14.2. The van der Waals surface area contributed by atoms with Crippen molar-refractivity contribution in [2.75, 3.05) is 0 Å². The molecule has 0 bridgehead atoms. The van der Waals surface area contributed by atoms with Crippen molar-refractivity contribution in [1.82, 2.24) is 0 Å². The van der Waals surface area contributed by atoms with Crippen molar-refractivity contribution in [2.24, 2.45) is 0 Å². The summed E-state index contributed by atoms with van der Waals surface area (Å²) in [6.07, 6.45) is 0. The zero-order valence-corrected chi connectivity index (χ0v) is 25.3. The molecule has 0 heteroatoms. The Morgan fingerprint density at radius 3 is 1.33 bits per heavy atom. The van der Waals surface area contributed by atoms with E-state index in [4.69, 9.17) is 0 Å². The minimum atomic E-state index is 1.23. The molecular formula is C46H30. The van der Waals surface area contributed by atoms with Crippen LogP contribution < -0.4 is 0 Å². The van der Waals surface area contributed by atoms with Gasteiger partial charge in [-0.05, 0) is 99.7 Å². The van der Waals surface area contributed by atoms with Gasteiger partial charge < -0.3 is 0 Å². The largest absolute Gasteiger partial charge is 0.0622 e. The smallest absolute Gasteiger partial charge is 0.00199 e. The Morgan fingerprint density at radius 2 is 0.696 bits per heavy atom. The molecule has 0 nitrogen and oxygen atoms in total. The topological polar surface area (TPSA) is 0 Å². The minimum absolute atomic E-state index is 1.23. The molecular weight excluding hydrogens is 553 g/mol. The number of fused-ring (bicyclic) bond motifs is 5. The summed E-state index contributed by atoms with van der Waals surface area (Å²) < 4.78 is 0. The Kier molecular flexibility index (Phi) is 6.25. The molecule has 0 atom stereocenters. The van der Waals surface area contributed by atoms with E-state index < -0.39 is 0 Å². The number of rotatable bonds is 4. The fraction of sp³-hybridized carbons (Fsp3) is 0. The van der Waals surface area contributed by atoms with E-state index in [2.05, 4.69) is 182 Å². The van der Waals surface area contributed by atoms with Crippen LogP contribution in [0.4, 0.5) is 0 Å². The minimum Gasteiger partial charge on any atom is -0.0622 e. The van der Waals surface area contributed by atoms with Gasteiger partial charge in [-0.25, -0.2) is 0 Å². The maximum Gasteiger partial charge on any atom is -0.00199 e. The maximum atomic E-state index is 2.41. The predicted octanol–water partition coefficient (Wildman–Crippen LogP) is 13.0. The molecule has 0 amide bonds. The fourth-order valence-corrected chi connectivity index (χ4v) is 7.40. The molecule has 46 heavy (non-hydrogen) atoms. The average molecular weight is 583 g/mol. The molecule has 214 valence electrons. The van der Waals surface area contributed by atoms with Crippen molar-refractivity contribution < 1.29 is 0 Å². The summed E-state index contributed by atoms with van der Waals surface area (Å²) in [7, 11) is 0. The van der Waals surface area contributed by atoms with Crippen LogP contribution in [0.15, 0.2) is 182 Å². The van der Waals surface area contributed by atoms with Crippen molar-refractivity contribution in [2.45, 2.75) is 0 Å². The molecule has 0 aromatic heterocycles. The summed E-state index contributed by atoms with van der Waals surface area (Å²) in [5.41, 5.74) is 10.0. The van der Waals surface area contributed by atoms with E-state index in [0.29, 0.717) is 0 Å². The first kappa shape index (κ1) is 26.4. The Hall–Kier alpha value is -5.98. The Bertz CT molecular complexity index is 2500. The van der Waals surface area contributed by atoms with E-state index in [1.54, 1.807) is 0 Å². The lowest BCUT2D eigenvalue weighted by atomic mass is 9.82. The van der Waals surface area contributed by atoms with Gasteiger partial charge in [0.05, 0.1) is 0 Å². The quantitative estimate of drug-likeness (QED) is 0.143. The third-order valence-corrected chi connectivity index (χ3v) is 9.45. The van der Waals surface area contributed by atoms with Gasteiger partial charge in [0, 0.05) is 0 Å². The molecule has 9 aromatic carbocycles. The summed E-state index contributed by atoms with van der Waals surface area (Å²) in [5, 5.41) is 10.1. The van der Waals surface area contributed by atoms with Gasteiger partial charge in [-0.15, -0.1) is 0 Å². The second kappa shape index (κ2) is 10.9. The predicted molar refractivity (Wildman–Crippen MR) is 198 cm³/mol. The molecule has 0 fully saturated rings. The second-order valence-electron chi connectivity index (χ2n) is 12.0. The van der Waals surface area contributed by atoms with Gasteiger partial charge in [-0.3, -0.25) is 0 Å². The molecule has 0 heterocycles. The van der Waals surface area contributed by atoms with E-state index in [0.717, 1.165) is 0 Å². The Balaban J connectivity index is 1.41. The number of benzene rings is 9.